The van der Waals surface area contributed by atoms with Gasteiger partial charge < -0.3 is 20.1 Å². The highest BCUT2D eigenvalue weighted by molar-refractivity contribution is 6.30. The van der Waals surface area contributed by atoms with Crippen molar-refractivity contribution in [1.82, 2.24) is 15.5 Å². The zero-order valence-electron chi connectivity index (χ0n) is 15.6. The minimum atomic E-state index is -0.512. The van der Waals surface area contributed by atoms with Crippen LogP contribution in [-0.4, -0.2) is 40.6 Å². The summed E-state index contributed by atoms with van der Waals surface area (Å²) < 4.78 is 10.9. The molecule has 7 nitrogen and oxygen atoms in total. The van der Waals surface area contributed by atoms with E-state index >= 15 is 0 Å². The number of anilines is 1. The van der Waals surface area contributed by atoms with Crippen LogP contribution in [0.25, 0.3) is 0 Å². The van der Waals surface area contributed by atoms with Gasteiger partial charge in [0.1, 0.15) is 5.60 Å². The second-order valence-electron chi connectivity index (χ2n) is 7.89. The Morgan fingerprint density at radius 2 is 1.92 bits per heavy atom. The van der Waals surface area contributed by atoms with E-state index in [9.17, 15) is 4.79 Å². The Hall–Kier alpha value is -1.60. The lowest BCUT2D eigenvalue weighted by Crippen LogP contribution is -2.50. The molecule has 3 rings (SSSR count). The van der Waals surface area contributed by atoms with Gasteiger partial charge in [0.15, 0.2) is 11.0 Å². The molecule has 0 aromatic carbocycles. The summed E-state index contributed by atoms with van der Waals surface area (Å²) in [6.45, 7) is 6.69. The molecule has 2 N–H and O–H groups in total. The molecular weight excluding hydrogens is 356 g/mol. The number of aromatic nitrogens is 2. The van der Waals surface area contributed by atoms with Crippen molar-refractivity contribution in [3.05, 3.63) is 16.3 Å². The molecule has 1 aliphatic heterocycles. The average molecular weight is 383 g/mol. The molecule has 1 aromatic rings. The second-order valence-corrected chi connectivity index (χ2v) is 8.25. The SMILES string of the molecule is CC(C)(C)OC(=O)N[C@@H]1CCCC[C@H]1Nc1nnc(Cl)c2c1CCOC2. The van der Waals surface area contributed by atoms with Gasteiger partial charge in [-0.1, -0.05) is 24.4 Å². The number of nitrogens with zero attached hydrogens (tertiary/aromatic N) is 2. The van der Waals surface area contributed by atoms with Crippen LogP contribution < -0.4 is 10.6 Å². The molecule has 1 amide bonds. The van der Waals surface area contributed by atoms with E-state index in [1.165, 1.54) is 0 Å². The van der Waals surface area contributed by atoms with E-state index in [1.54, 1.807) is 0 Å². The first-order valence-corrected chi connectivity index (χ1v) is 9.59. The molecule has 2 aliphatic rings. The summed E-state index contributed by atoms with van der Waals surface area (Å²) in [5.41, 5.74) is 1.46. The monoisotopic (exact) mass is 382 g/mol. The number of carbonyl (C=O) groups excluding carboxylic acids is 1. The molecule has 2 heterocycles. The molecule has 8 heteroatoms. The third kappa shape index (κ3) is 4.76. The molecule has 0 spiro atoms. The number of alkyl carbamates (subject to hydrolysis) is 1. The quantitative estimate of drug-likeness (QED) is 0.832. The van der Waals surface area contributed by atoms with Gasteiger partial charge in [-0.15, -0.1) is 10.2 Å². The van der Waals surface area contributed by atoms with Crippen molar-refractivity contribution in [1.29, 1.82) is 0 Å². The third-order valence-corrected chi connectivity index (χ3v) is 4.97. The lowest BCUT2D eigenvalue weighted by molar-refractivity contribution is 0.0488. The molecule has 0 bridgehead atoms. The van der Waals surface area contributed by atoms with Gasteiger partial charge in [0.2, 0.25) is 0 Å². The molecule has 1 saturated carbocycles. The maximum Gasteiger partial charge on any atom is 0.407 e. The molecule has 0 saturated heterocycles. The Kier molecular flexibility index (Phi) is 5.87. The Morgan fingerprint density at radius 3 is 2.65 bits per heavy atom. The van der Waals surface area contributed by atoms with E-state index in [0.29, 0.717) is 18.4 Å². The number of nitrogens with one attached hydrogen (secondary N) is 2. The molecule has 26 heavy (non-hydrogen) atoms. The van der Waals surface area contributed by atoms with Crippen LogP contribution in [0, 0.1) is 0 Å². The number of hydrogen-bond acceptors (Lipinski definition) is 6. The first kappa shape index (κ1) is 19.2. The lowest BCUT2D eigenvalue weighted by Gasteiger charge is -2.34. The highest BCUT2D eigenvalue weighted by Gasteiger charge is 2.30. The fourth-order valence-electron chi connectivity index (χ4n) is 3.47. The van der Waals surface area contributed by atoms with E-state index < -0.39 is 5.60 Å². The number of fused-ring (bicyclic) bond motifs is 1. The van der Waals surface area contributed by atoms with Crippen molar-refractivity contribution < 1.29 is 14.3 Å². The summed E-state index contributed by atoms with van der Waals surface area (Å²) in [4.78, 5) is 12.2. The summed E-state index contributed by atoms with van der Waals surface area (Å²) in [5.74, 6) is 0.746. The second kappa shape index (κ2) is 7.96. The third-order valence-electron chi connectivity index (χ3n) is 4.67. The van der Waals surface area contributed by atoms with Crippen LogP contribution in [0.2, 0.25) is 5.15 Å². The summed E-state index contributed by atoms with van der Waals surface area (Å²) in [6.07, 6.45) is 4.42. The maximum absolute atomic E-state index is 12.2. The van der Waals surface area contributed by atoms with Crippen LogP contribution in [0.4, 0.5) is 10.6 Å². The average Bonchev–Trinajstić information content (AvgIpc) is 2.57. The predicted octanol–water partition coefficient (Wildman–Crippen LogP) is 3.45. The highest BCUT2D eigenvalue weighted by Crippen LogP contribution is 2.30. The molecule has 1 aromatic heterocycles. The van der Waals surface area contributed by atoms with E-state index in [0.717, 1.165) is 49.0 Å². The van der Waals surface area contributed by atoms with Crippen molar-refractivity contribution in [3.8, 4) is 0 Å². The zero-order valence-corrected chi connectivity index (χ0v) is 16.4. The fourth-order valence-corrected chi connectivity index (χ4v) is 3.68. The Labute approximate surface area is 159 Å². The van der Waals surface area contributed by atoms with Gasteiger partial charge in [0.25, 0.3) is 0 Å². The van der Waals surface area contributed by atoms with E-state index in [4.69, 9.17) is 21.1 Å². The highest BCUT2D eigenvalue weighted by atomic mass is 35.5. The summed E-state index contributed by atoms with van der Waals surface area (Å²) >= 11 is 6.16. The first-order valence-electron chi connectivity index (χ1n) is 9.21. The van der Waals surface area contributed by atoms with Gasteiger partial charge in [0, 0.05) is 17.2 Å². The van der Waals surface area contributed by atoms with E-state index in [2.05, 4.69) is 20.8 Å². The Bertz CT molecular complexity index is 663. The lowest BCUT2D eigenvalue weighted by atomic mass is 9.90. The van der Waals surface area contributed by atoms with E-state index in [1.807, 2.05) is 20.8 Å². The molecule has 0 unspecified atom stereocenters. The molecule has 1 aliphatic carbocycles. The first-order chi connectivity index (χ1) is 12.3. The van der Waals surface area contributed by atoms with Crippen LogP contribution in [0.15, 0.2) is 0 Å². The Balaban J connectivity index is 1.72. The number of rotatable bonds is 3. The van der Waals surface area contributed by atoms with Gasteiger partial charge in [-0.3, -0.25) is 0 Å². The van der Waals surface area contributed by atoms with Gasteiger partial charge >= 0.3 is 6.09 Å². The summed E-state index contributed by atoms with van der Waals surface area (Å²) in [6, 6.07) is 0.0743. The molecule has 1 fully saturated rings. The zero-order chi connectivity index (χ0) is 18.7. The molecule has 144 valence electrons. The van der Waals surface area contributed by atoms with Gasteiger partial charge in [-0.2, -0.15) is 0 Å². The number of carbonyl (C=O) groups is 1. The smallest absolute Gasteiger partial charge is 0.407 e. The normalized spacial score (nSPS) is 23.1. The van der Waals surface area contributed by atoms with Crippen molar-refractivity contribution in [2.24, 2.45) is 0 Å². The van der Waals surface area contributed by atoms with Crippen LogP contribution >= 0.6 is 11.6 Å². The van der Waals surface area contributed by atoms with Crippen LogP contribution in [-0.2, 0) is 22.5 Å². The minimum Gasteiger partial charge on any atom is -0.444 e. The summed E-state index contributed by atoms with van der Waals surface area (Å²) in [5, 5.41) is 15.2. The van der Waals surface area contributed by atoms with Gasteiger partial charge in [-0.25, -0.2) is 4.79 Å². The van der Waals surface area contributed by atoms with Crippen LogP contribution in [0.3, 0.4) is 0 Å². The van der Waals surface area contributed by atoms with Crippen molar-refractivity contribution in [3.63, 3.8) is 0 Å². The van der Waals surface area contributed by atoms with E-state index in [-0.39, 0.29) is 18.2 Å². The minimum absolute atomic E-state index is 0.00781. The maximum atomic E-state index is 12.2. The van der Waals surface area contributed by atoms with Crippen LogP contribution in [0.5, 0.6) is 0 Å². The van der Waals surface area contributed by atoms with Crippen molar-refractivity contribution >= 4 is 23.5 Å². The topological polar surface area (TPSA) is 85.4 Å². The number of halogens is 1. The molecular formula is C18H27ClN4O3. The standard InChI is InChI=1S/C18H27ClN4O3/c1-18(2,3)26-17(24)21-14-7-5-4-6-13(14)20-16-11-8-9-25-10-12(11)15(19)22-23-16/h13-14H,4-10H2,1-3H3,(H,20,23)(H,21,24)/t13-,14-/m1/s1. The number of hydrogen-bond donors (Lipinski definition) is 2. The molecule has 2 atom stereocenters. The van der Waals surface area contributed by atoms with Crippen molar-refractivity contribution in [2.75, 3.05) is 11.9 Å². The van der Waals surface area contributed by atoms with Gasteiger partial charge in [-0.05, 0) is 40.0 Å². The number of ether oxygens (including phenoxy) is 2. The van der Waals surface area contributed by atoms with Crippen LogP contribution in [0.1, 0.15) is 57.6 Å². The predicted molar refractivity (Wildman–Crippen MR) is 99.4 cm³/mol. The fraction of sp³-hybridized carbons (Fsp3) is 0.722. The Morgan fingerprint density at radius 1 is 1.19 bits per heavy atom. The molecule has 0 radical (unpaired) electrons. The number of amides is 1. The summed E-state index contributed by atoms with van der Waals surface area (Å²) in [7, 11) is 0. The largest absolute Gasteiger partial charge is 0.444 e. The van der Waals surface area contributed by atoms with Gasteiger partial charge in [0.05, 0.1) is 19.3 Å². The van der Waals surface area contributed by atoms with Crippen molar-refractivity contribution in [2.45, 2.75) is 77.2 Å².